The Morgan fingerprint density at radius 1 is 0.583 bits per heavy atom. The van der Waals surface area contributed by atoms with Crippen LogP contribution in [0.3, 0.4) is 0 Å². The number of hydrogen-bond acceptors (Lipinski definition) is 10. The monoisotopic (exact) mass is 838 g/mol. The number of nitrogens with two attached hydrogens (primary N) is 2. The number of phenols is 1. The minimum atomic E-state index is -1.73. The highest BCUT2D eigenvalue weighted by atomic mass is 16.4. The largest absolute Gasteiger partial charge is 0.508 e. The van der Waals surface area contributed by atoms with Gasteiger partial charge in [-0.05, 0) is 111 Å². The fourth-order valence-corrected chi connectivity index (χ4v) is 6.47. The summed E-state index contributed by atoms with van der Waals surface area (Å²) in [5.74, 6) is -8.10. The summed E-state index contributed by atoms with van der Waals surface area (Å²) < 4.78 is 0. The number of carboxylic acid groups (broad SMARTS) is 1. The number of nitrogens with one attached hydrogen (secondary N) is 6. The molecule has 0 bridgehead atoms. The maximum absolute atomic E-state index is 14.2. The van der Waals surface area contributed by atoms with Gasteiger partial charge in [0.25, 0.3) is 0 Å². The first-order chi connectivity index (χ1) is 27.8. The van der Waals surface area contributed by atoms with Crippen molar-refractivity contribution in [2.24, 2.45) is 23.3 Å². The molecule has 0 aliphatic heterocycles. The smallest absolute Gasteiger partial charge is 0.305 e. The lowest BCUT2D eigenvalue weighted by Crippen LogP contribution is -2.61. The van der Waals surface area contributed by atoms with E-state index < -0.39 is 108 Å². The number of hydrogen-bond donors (Lipinski definition) is 10. The third-order valence-electron chi connectivity index (χ3n) is 10.6. The van der Waals surface area contributed by atoms with Crippen molar-refractivity contribution in [3.05, 3.63) is 63.2 Å². The summed E-state index contributed by atoms with van der Waals surface area (Å²) in [6, 6.07) is -1.70. The summed E-state index contributed by atoms with van der Waals surface area (Å²) >= 11 is 0. The van der Waals surface area contributed by atoms with Gasteiger partial charge in [0, 0.05) is 6.42 Å². The van der Waals surface area contributed by atoms with Gasteiger partial charge in [0.15, 0.2) is 0 Å². The Hall–Kier alpha value is -6.04. The quantitative estimate of drug-likeness (QED) is 0.0791. The molecule has 6 atom stereocenters. The number of phenolic OH excluding ortho intramolecular Hbond substituents is 1. The molecule has 2 aromatic rings. The van der Waals surface area contributed by atoms with Crippen LogP contribution in [-0.2, 0) is 51.2 Å². The molecule has 0 spiro atoms. The summed E-state index contributed by atoms with van der Waals surface area (Å²) in [6.45, 7) is 17.0. The van der Waals surface area contributed by atoms with Crippen LogP contribution < -0.4 is 43.4 Å². The number of aliphatic carboxylic acids is 1. The Labute approximate surface area is 350 Å². The average Bonchev–Trinajstić information content (AvgIpc) is 3.17. The predicted molar refractivity (Wildman–Crippen MR) is 223 cm³/mol. The third kappa shape index (κ3) is 14.4. The molecule has 7 amide bonds. The summed E-state index contributed by atoms with van der Waals surface area (Å²) in [4.78, 5) is 104. The molecule has 18 heteroatoms. The van der Waals surface area contributed by atoms with E-state index >= 15 is 0 Å². The summed E-state index contributed by atoms with van der Waals surface area (Å²) in [7, 11) is 0. The zero-order valence-corrected chi connectivity index (χ0v) is 36.1. The molecule has 0 aromatic heterocycles. The number of aromatic hydroxyl groups is 1. The molecule has 0 unspecified atom stereocenters. The number of primary amides is 1. The van der Waals surface area contributed by atoms with Gasteiger partial charge >= 0.3 is 5.97 Å². The second-order valence-corrected chi connectivity index (χ2v) is 15.9. The number of carboxylic acids is 1. The van der Waals surface area contributed by atoms with Crippen molar-refractivity contribution in [1.82, 2.24) is 31.9 Å². The van der Waals surface area contributed by atoms with E-state index in [0.717, 1.165) is 33.4 Å². The third-order valence-corrected chi connectivity index (χ3v) is 10.6. The van der Waals surface area contributed by atoms with Crippen LogP contribution in [0.2, 0.25) is 0 Å². The first kappa shape index (κ1) is 50.1. The maximum Gasteiger partial charge on any atom is 0.305 e. The normalized spacial score (nSPS) is 14.2. The van der Waals surface area contributed by atoms with E-state index in [0.29, 0.717) is 5.56 Å². The summed E-state index contributed by atoms with van der Waals surface area (Å²) in [6.07, 6.45) is -0.876. The second-order valence-electron chi connectivity index (χ2n) is 15.9. The molecule has 0 saturated heterocycles. The molecule has 12 N–H and O–H groups in total. The van der Waals surface area contributed by atoms with Gasteiger partial charge in [0.05, 0.1) is 19.0 Å². The molecule has 0 saturated carbocycles. The Morgan fingerprint density at radius 3 is 1.55 bits per heavy atom. The Kier molecular flexibility index (Phi) is 18.7. The van der Waals surface area contributed by atoms with E-state index in [9.17, 15) is 48.6 Å². The van der Waals surface area contributed by atoms with Crippen LogP contribution in [0.1, 0.15) is 80.0 Å². The summed E-state index contributed by atoms with van der Waals surface area (Å²) in [5, 5.41) is 34.4. The molecule has 0 aliphatic rings. The standard InChI is InChI=1S/C42H62N8O10/c1-19(2)35(41(59)45-18-33(44)52)50-42(60)36(20(3)4)49-40(58)32(17-34(53)54)48-39(57)31(16-29-24(8)22(6)21(5)23(7)25(29)9)47-37(55)26(10)46-38(56)30(43)15-27-11-13-28(51)14-12-27/h11-14,19-20,26,30-32,35-36,51H,15-18,43H2,1-10H3,(H2,44,52)(H,45,59)(H,46,56)(H,47,55)(H,48,57)(H,49,58)(H,50,60)(H,53,54)/t26-,30-,31-,32-,35-,36-/m0/s1. The van der Waals surface area contributed by atoms with Crippen LogP contribution >= 0.6 is 0 Å². The number of amides is 7. The number of benzene rings is 2. The fourth-order valence-electron chi connectivity index (χ4n) is 6.47. The van der Waals surface area contributed by atoms with Crippen molar-refractivity contribution < 1.29 is 48.6 Å². The molecule has 2 aromatic carbocycles. The van der Waals surface area contributed by atoms with Crippen molar-refractivity contribution in [2.75, 3.05) is 6.54 Å². The van der Waals surface area contributed by atoms with Crippen LogP contribution in [-0.4, -0.2) is 100 Å². The number of carbonyl (C=O) groups excluding carboxylic acids is 7. The highest BCUT2D eigenvalue weighted by Gasteiger charge is 2.35. The molecular formula is C42H62N8O10. The maximum atomic E-state index is 14.2. The van der Waals surface area contributed by atoms with E-state index in [2.05, 4.69) is 31.9 Å². The van der Waals surface area contributed by atoms with E-state index in [1.165, 1.54) is 19.1 Å². The lowest BCUT2D eigenvalue weighted by molar-refractivity contribution is -0.141. The highest BCUT2D eigenvalue weighted by Crippen LogP contribution is 2.27. The predicted octanol–water partition coefficient (Wildman–Crippen LogP) is -0.121. The van der Waals surface area contributed by atoms with E-state index in [1.54, 1.807) is 39.8 Å². The Bertz CT molecular complexity index is 1900. The zero-order valence-electron chi connectivity index (χ0n) is 36.1. The van der Waals surface area contributed by atoms with Crippen molar-refractivity contribution in [3.8, 4) is 5.75 Å². The van der Waals surface area contributed by atoms with Crippen molar-refractivity contribution in [1.29, 1.82) is 0 Å². The molecule has 330 valence electrons. The van der Waals surface area contributed by atoms with Crippen molar-refractivity contribution in [2.45, 2.75) is 125 Å². The van der Waals surface area contributed by atoms with Gasteiger partial charge < -0.3 is 53.6 Å². The second kappa shape index (κ2) is 22.4. The van der Waals surface area contributed by atoms with Crippen molar-refractivity contribution in [3.63, 3.8) is 0 Å². The van der Waals surface area contributed by atoms with Gasteiger partial charge in [0.1, 0.15) is 36.0 Å². The molecule has 0 aliphatic carbocycles. The lowest BCUT2D eigenvalue weighted by atomic mass is 9.86. The van der Waals surface area contributed by atoms with E-state index in [-0.39, 0.29) is 18.6 Å². The van der Waals surface area contributed by atoms with Crippen LogP contribution in [0.5, 0.6) is 5.75 Å². The lowest BCUT2D eigenvalue weighted by Gasteiger charge is -2.29. The highest BCUT2D eigenvalue weighted by molar-refractivity contribution is 5.98. The molecule has 2 rings (SSSR count). The van der Waals surface area contributed by atoms with Crippen LogP contribution in [0.25, 0.3) is 0 Å². The van der Waals surface area contributed by atoms with Crippen LogP contribution in [0.4, 0.5) is 0 Å². The SMILES string of the molecule is Cc1c(C)c(C)c(C[C@H](NC(=O)[C@H](C)NC(=O)[C@@H](N)Cc2ccc(O)cc2)C(=O)N[C@@H](CC(=O)O)C(=O)N[C@H](C(=O)N[C@H](C(=O)NCC(N)=O)C(C)C)C(C)C)c(C)c1C. The molecular weight excluding hydrogens is 777 g/mol. The van der Waals surface area contributed by atoms with E-state index in [1.807, 2.05) is 34.6 Å². The zero-order chi connectivity index (χ0) is 45.8. The number of carbonyl (C=O) groups is 8. The van der Waals surface area contributed by atoms with Gasteiger partial charge in [-0.3, -0.25) is 38.4 Å². The molecule has 18 nitrogen and oxygen atoms in total. The molecule has 60 heavy (non-hydrogen) atoms. The molecule has 0 heterocycles. The Balaban J connectivity index is 2.42. The molecule has 0 radical (unpaired) electrons. The minimum absolute atomic E-state index is 0.0436. The fraction of sp³-hybridized carbons (Fsp3) is 0.524. The number of rotatable bonds is 21. The van der Waals surface area contributed by atoms with Crippen LogP contribution in [0, 0.1) is 46.5 Å². The van der Waals surface area contributed by atoms with Gasteiger partial charge in [0.2, 0.25) is 41.4 Å². The topological polar surface area (TPSA) is 301 Å². The van der Waals surface area contributed by atoms with Gasteiger partial charge in [-0.1, -0.05) is 39.8 Å². The van der Waals surface area contributed by atoms with E-state index in [4.69, 9.17) is 11.5 Å². The minimum Gasteiger partial charge on any atom is -0.508 e. The summed E-state index contributed by atoms with van der Waals surface area (Å²) in [5.41, 5.74) is 17.3. The molecule has 0 fully saturated rings. The average molecular weight is 839 g/mol. The first-order valence-corrected chi connectivity index (χ1v) is 19.7. The first-order valence-electron chi connectivity index (χ1n) is 19.7. The van der Waals surface area contributed by atoms with Gasteiger partial charge in [-0.15, -0.1) is 0 Å². The van der Waals surface area contributed by atoms with Gasteiger partial charge in [-0.25, -0.2) is 0 Å². The van der Waals surface area contributed by atoms with Gasteiger partial charge in [-0.2, -0.15) is 0 Å². The van der Waals surface area contributed by atoms with Crippen molar-refractivity contribution >= 4 is 47.3 Å². The Morgan fingerprint density at radius 2 is 1.05 bits per heavy atom. The van der Waals surface area contributed by atoms with Crippen LogP contribution in [0.15, 0.2) is 24.3 Å².